The Morgan fingerprint density at radius 1 is 1.34 bits per heavy atom. The summed E-state index contributed by atoms with van der Waals surface area (Å²) in [5, 5.41) is 5.49. The van der Waals surface area contributed by atoms with Gasteiger partial charge in [0.05, 0.1) is 19.2 Å². The van der Waals surface area contributed by atoms with E-state index < -0.39 is 35.5 Å². The lowest BCUT2D eigenvalue weighted by molar-refractivity contribution is -0.147. The quantitative estimate of drug-likeness (QED) is 0.310. The molecule has 1 amide bonds. The highest BCUT2D eigenvalue weighted by Gasteiger charge is 2.61. The molecular formula is C19H20ClN3O6. The molecule has 1 aliphatic carbocycles. The number of benzene rings is 1. The van der Waals surface area contributed by atoms with Gasteiger partial charge in [-0.2, -0.15) is 0 Å². The van der Waals surface area contributed by atoms with Gasteiger partial charge in [0.15, 0.2) is 0 Å². The van der Waals surface area contributed by atoms with E-state index in [1.165, 1.54) is 35.8 Å². The van der Waals surface area contributed by atoms with Crippen molar-refractivity contribution in [3.05, 3.63) is 47.4 Å². The van der Waals surface area contributed by atoms with Gasteiger partial charge in [0.25, 0.3) is 0 Å². The van der Waals surface area contributed by atoms with E-state index in [2.05, 4.69) is 17.1 Å². The van der Waals surface area contributed by atoms with Crippen LogP contribution in [-0.4, -0.2) is 53.6 Å². The Kier molecular flexibility index (Phi) is 5.99. The summed E-state index contributed by atoms with van der Waals surface area (Å²) in [6, 6.07) is 4.89. The molecule has 0 aromatic heterocycles. The molecule has 3 rings (SSSR count). The molecule has 0 spiro atoms. The number of hydrogen-bond donors (Lipinski definition) is 1. The van der Waals surface area contributed by atoms with Crippen molar-refractivity contribution in [2.75, 3.05) is 13.7 Å². The molecule has 29 heavy (non-hydrogen) atoms. The summed E-state index contributed by atoms with van der Waals surface area (Å²) < 4.78 is 11.5. The van der Waals surface area contributed by atoms with Crippen LogP contribution in [0.3, 0.4) is 0 Å². The van der Waals surface area contributed by atoms with Crippen LogP contribution in [-0.2, 0) is 19.1 Å². The van der Waals surface area contributed by atoms with Crippen molar-refractivity contribution < 1.29 is 23.9 Å². The van der Waals surface area contributed by atoms with Crippen molar-refractivity contribution in [2.24, 2.45) is 11.1 Å². The fourth-order valence-electron chi connectivity index (χ4n) is 3.44. The number of ether oxygens (including phenoxy) is 2. The Hall–Kier alpha value is -2.78. The molecule has 1 aromatic rings. The normalized spacial score (nSPS) is 28.3. The molecule has 1 N–H and O–H groups in total. The van der Waals surface area contributed by atoms with Gasteiger partial charge in [-0.15, -0.1) is 11.5 Å². The summed E-state index contributed by atoms with van der Waals surface area (Å²) in [5.74, 6) is -1.79. The third-order valence-corrected chi connectivity index (χ3v) is 5.56. The fourth-order valence-corrected chi connectivity index (χ4v) is 3.77. The van der Waals surface area contributed by atoms with E-state index in [1.807, 2.05) is 0 Å². The Labute approximate surface area is 172 Å². The van der Waals surface area contributed by atoms with Crippen LogP contribution in [0.4, 0.5) is 5.69 Å². The minimum absolute atomic E-state index is 0.148. The van der Waals surface area contributed by atoms with Gasteiger partial charge in [-0.3, -0.25) is 4.79 Å². The third-order valence-electron chi connectivity index (χ3n) is 5.18. The predicted molar refractivity (Wildman–Crippen MR) is 103 cm³/mol. The first-order valence-electron chi connectivity index (χ1n) is 8.94. The number of nitroso groups, excluding NO2 is 1. The van der Waals surface area contributed by atoms with Crippen LogP contribution in [0, 0.1) is 10.8 Å². The van der Waals surface area contributed by atoms with Gasteiger partial charge < -0.3 is 14.8 Å². The Morgan fingerprint density at radius 3 is 2.59 bits per heavy atom. The van der Waals surface area contributed by atoms with Gasteiger partial charge in [0.2, 0.25) is 5.91 Å². The first-order chi connectivity index (χ1) is 13.8. The number of rotatable bonds is 7. The zero-order valence-corrected chi connectivity index (χ0v) is 16.4. The second kappa shape index (κ2) is 8.30. The fraction of sp³-hybridized carbons (Fsp3) is 0.421. The lowest BCUT2D eigenvalue weighted by atomic mass is 10.1. The summed E-state index contributed by atoms with van der Waals surface area (Å²) in [7, 11) is 1.26. The average Bonchev–Trinajstić information content (AvgIpc) is 3.32. The van der Waals surface area contributed by atoms with Crippen molar-refractivity contribution in [3.63, 3.8) is 0 Å². The summed E-state index contributed by atoms with van der Waals surface area (Å²) in [4.78, 5) is 47.5. The van der Waals surface area contributed by atoms with Gasteiger partial charge in [0.1, 0.15) is 23.4 Å². The molecule has 1 heterocycles. The maximum absolute atomic E-state index is 12.7. The molecule has 1 saturated heterocycles. The van der Waals surface area contributed by atoms with Crippen molar-refractivity contribution in [1.82, 2.24) is 9.74 Å². The lowest BCUT2D eigenvalue weighted by Gasteiger charge is -2.21. The zero-order valence-electron chi connectivity index (χ0n) is 15.7. The molecule has 1 saturated carbocycles. The number of halogens is 1. The summed E-state index contributed by atoms with van der Waals surface area (Å²) in [5.41, 5.74) is -0.666. The number of carbonyl (C=O) groups excluding carboxylic acids is 3. The van der Waals surface area contributed by atoms with Gasteiger partial charge >= 0.3 is 11.9 Å². The Balaban J connectivity index is 1.60. The first kappa shape index (κ1) is 20.9. The minimum atomic E-state index is -1.12. The van der Waals surface area contributed by atoms with E-state index >= 15 is 0 Å². The van der Waals surface area contributed by atoms with E-state index in [9.17, 15) is 19.3 Å². The van der Waals surface area contributed by atoms with Gasteiger partial charge in [-0.1, -0.05) is 6.08 Å². The smallest absolute Gasteiger partial charge is 0.338 e. The van der Waals surface area contributed by atoms with E-state index in [4.69, 9.17) is 21.3 Å². The lowest BCUT2D eigenvalue weighted by Crippen LogP contribution is -2.51. The molecule has 1 aliphatic heterocycles. The molecule has 1 aromatic carbocycles. The largest absolute Gasteiger partial charge is 0.467 e. The molecular weight excluding hydrogens is 402 g/mol. The van der Waals surface area contributed by atoms with E-state index in [-0.39, 0.29) is 30.1 Å². The van der Waals surface area contributed by atoms with E-state index in [0.29, 0.717) is 6.42 Å². The van der Waals surface area contributed by atoms with Crippen LogP contribution in [0.25, 0.3) is 0 Å². The Bertz CT molecular complexity index is 845. The summed E-state index contributed by atoms with van der Waals surface area (Å²) in [6.45, 7) is 3.81. The van der Waals surface area contributed by atoms with Crippen LogP contribution in [0.1, 0.15) is 23.2 Å². The van der Waals surface area contributed by atoms with Crippen LogP contribution in [0.2, 0.25) is 0 Å². The highest BCUT2D eigenvalue weighted by Crippen LogP contribution is 2.45. The number of amides is 1. The molecule has 4 atom stereocenters. The standard InChI is InChI=1S/C19H20ClN3O6/c1-3-12-9-19(12,18(26)28-2)21-16(24)15-8-14(10-23(15)20)29-17(25)11-4-6-13(22-27)7-5-11/h3-7,12,14-15H,1,8-10H2,2H3,(H,21,24)/t12-,14+,15+,19-/m1/s1. The molecule has 2 fully saturated rings. The number of nitrogens with one attached hydrogen (secondary N) is 1. The third kappa shape index (κ3) is 4.15. The topological polar surface area (TPSA) is 114 Å². The highest BCUT2D eigenvalue weighted by atomic mass is 35.5. The second-order valence-corrected chi connectivity index (χ2v) is 7.43. The number of carbonyl (C=O) groups is 3. The predicted octanol–water partition coefficient (Wildman–Crippen LogP) is 2.07. The van der Waals surface area contributed by atoms with Gasteiger partial charge in [-0.05, 0) is 47.6 Å². The molecule has 9 nitrogen and oxygen atoms in total. The summed E-state index contributed by atoms with van der Waals surface area (Å²) >= 11 is 6.17. The highest BCUT2D eigenvalue weighted by molar-refractivity contribution is 6.15. The molecule has 0 bridgehead atoms. The van der Waals surface area contributed by atoms with E-state index in [1.54, 1.807) is 6.08 Å². The van der Waals surface area contributed by atoms with Gasteiger partial charge in [-0.25, -0.2) is 14.0 Å². The first-order valence-corrected chi connectivity index (χ1v) is 9.28. The monoisotopic (exact) mass is 421 g/mol. The van der Waals surface area contributed by atoms with Crippen molar-refractivity contribution in [3.8, 4) is 0 Å². The maximum Gasteiger partial charge on any atom is 0.338 e. The zero-order chi connectivity index (χ0) is 21.2. The van der Waals surface area contributed by atoms with Crippen molar-refractivity contribution in [2.45, 2.75) is 30.5 Å². The van der Waals surface area contributed by atoms with E-state index in [0.717, 1.165) is 0 Å². The average molecular weight is 422 g/mol. The molecule has 10 heteroatoms. The van der Waals surface area contributed by atoms with Crippen LogP contribution in [0.5, 0.6) is 0 Å². The number of nitrogens with zero attached hydrogens (tertiary/aromatic N) is 2. The number of hydrogen-bond acceptors (Lipinski definition) is 8. The minimum Gasteiger partial charge on any atom is -0.467 e. The molecule has 154 valence electrons. The van der Waals surface area contributed by atoms with Crippen LogP contribution < -0.4 is 5.32 Å². The van der Waals surface area contributed by atoms with Gasteiger partial charge in [0, 0.05) is 12.3 Å². The molecule has 2 aliphatic rings. The molecule has 0 radical (unpaired) electrons. The van der Waals surface area contributed by atoms with Crippen LogP contribution >= 0.6 is 11.8 Å². The van der Waals surface area contributed by atoms with Crippen LogP contribution in [0.15, 0.2) is 42.1 Å². The number of esters is 2. The second-order valence-electron chi connectivity index (χ2n) is 7.00. The van der Waals surface area contributed by atoms with Crippen molar-refractivity contribution in [1.29, 1.82) is 0 Å². The maximum atomic E-state index is 12.7. The van der Waals surface area contributed by atoms with Crippen molar-refractivity contribution >= 4 is 35.3 Å². The Morgan fingerprint density at radius 2 is 2.03 bits per heavy atom. The number of methoxy groups -OCH3 is 1. The SMILES string of the molecule is C=C[C@@H]1C[C@]1(NC(=O)[C@@H]1C[C@H](OC(=O)c2ccc(N=O)cc2)CN1Cl)C(=O)OC. The summed E-state index contributed by atoms with van der Waals surface area (Å²) in [6.07, 6.45) is 1.57. The molecule has 0 unspecified atom stereocenters.